The molecule has 4 nitrogen and oxygen atoms in total. The van der Waals surface area contributed by atoms with E-state index in [0.717, 1.165) is 29.0 Å². The van der Waals surface area contributed by atoms with Crippen molar-refractivity contribution in [2.45, 2.75) is 26.4 Å². The number of anilines is 1. The maximum absolute atomic E-state index is 6.11. The third kappa shape index (κ3) is 3.23. The van der Waals surface area contributed by atoms with E-state index < -0.39 is 0 Å². The number of nitrogens with one attached hydrogen (secondary N) is 1. The quantitative estimate of drug-likeness (QED) is 0.909. The minimum absolute atomic E-state index is 0.607. The first kappa shape index (κ1) is 13.4. The van der Waals surface area contributed by atoms with Crippen LogP contribution in [0.3, 0.4) is 0 Å². The Kier molecular flexibility index (Phi) is 4.60. The van der Waals surface area contributed by atoms with Crippen molar-refractivity contribution in [2.75, 3.05) is 5.32 Å². The molecule has 0 saturated carbocycles. The van der Waals surface area contributed by atoms with Gasteiger partial charge in [0.1, 0.15) is 12.2 Å². The summed E-state index contributed by atoms with van der Waals surface area (Å²) in [7, 11) is 0. The molecule has 2 aromatic rings. The van der Waals surface area contributed by atoms with Gasteiger partial charge in [-0.05, 0) is 24.6 Å². The Morgan fingerprint density at radius 1 is 1.44 bits per heavy atom. The number of halogens is 2. The maximum Gasteiger partial charge on any atom is 0.146 e. The number of hydrogen-bond acceptors (Lipinski definition) is 3. The molecular formula is C12H14BrClN4. The fraction of sp³-hybridized carbons (Fsp3) is 0.333. The highest BCUT2D eigenvalue weighted by Gasteiger charge is 2.05. The standard InChI is InChI=1S/C12H14BrClN4/c1-2-5-18-12(16-8-17-18)7-15-11-6-9(13)3-4-10(11)14/h3-4,6,8,15H,2,5,7H2,1H3. The summed E-state index contributed by atoms with van der Waals surface area (Å²) < 4.78 is 2.89. The normalized spacial score (nSPS) is 10.6. The lowest BCUT2D eigenvalue weighted by molar-refractivity contribution is 0.574. The molecule has 1 aromatic carbocycles. The van der Waals surface area contributed by atoms with Gasteiger partial charge in [-0.2, -0.15) is 5.10 Å². The highest BCUT2D eigenvalue weighted by molar-refractivity contribution is 9.10. The largest absolute Gasteiger partial charge is 0.377 e. The molecule has 0 atom stereocenters. The van der Waals surface area contributed by atoms with Crippen LogP contribution in [-0.2, 0) is 13.1 Å². The minimum Gasteiger partial charge on any atom is -0.377 e. The smallest absolute Gasteiger partial charge is 0.146 e. The Balaban J connectivity index is 2.06. The summed E-state index contributed by atoms with van der Waals surface area (Å²) in [6.45, 7) is 3.60. The topological polar surface area (TPSA) is 42.7 Å². The average molecular weight is 330 g/mol. The second-order valence-electron chi connectivity index (χ2n) is 3.88. The molecule has 0 bridgehead atoms. The van der Waals surface area contributed by atoms with Crippen molar-refractivity contribution < 1.29 is 0 Å². The zero-order valence-corrected chi connectivity index (χ0v) is 12.4. The SMILES string of the molecule is CCCn1ncnc1CNc1cc(Br)ccc1Cl. The van der Waals surface area contributed by atoms with Crippen LogP contribution in [0, 0.1) is 0 Å². The van der Waals surface area contributed by atoms with E-state index in [1.165, 1.54) is 0 Å². The van der Waals surface area contributed by atoms with E-state index in [9.17, 15) is 0 Å². The Bertz CT molecular complexity index is 527. The van der Waals surface area contributed by atoms with Gasteiger partial charge < -0.3 is 5.32 Å². The fourth-order valence-corrected chi connectivity index (χ4v) is 2.18. The van der Waals surface area contributed by atoms with Crippen molar-refractivity contribution in [1.82, 2.24) is 14.8 Å². The van der Waals surface area contributed by atoms with Crippen LogP contribution in [-0.4, -0.2) is 14.8 Å². The number of aromatic nitrogens is 3. The van der Waals surface area contributed by atoms with Crippen molar-refractivity contribution in [1.29, 1.82) is 0 Å². The lowest BCUT2D eigenvalue weighted by Crippen LogP contribution is -2.10. The summed E-state index contributed by atoms with van der Waals surface area (Å²) in [5.41, 5.74) is 0.886. The molecule has 2 rings (SSSR count). The Labute approximate surface area is 119 Å². The summed E-state index contributed by atoms with van der Waals surface area (Å²) in [6, 6.07) is 5.71. The Morgan fingerprint density at radius 2 is 2.28 bits per heavy atom. The van der Waals surface area contributed by atoms with Gasteiger partial charge in [0.05, 0.1) is 17.3 Å². The van der Waals surface area contributed by atoms with Gasteiger partial charge in [-0.3, -0.25) is 0 Å². The molecule has 18 heavy (non-hydrogen) atoms. The van der Waals surface area contributed by atoms with Crippen molar-refractivity contribution in [3.8, 4) is 0 Å². The second-order valence-corrected chi connectivity index (χ2v) is 5.20. The number of benzene rings is 1. The van der Waals surface area contributed by atoms with Crippen LogP contribution < -0.4 is 5.32 Å². The van der Waals surface area contributed by atoms with Crippen molar-refractivity contribution >= 4 is 33.2 Å². The predicted molar refractivity (Wildman–Crippen MR) is 76.8 cm³/mol. The molecule has 0 radical (unpaired) electrons. The molecule has 0 amide bonds. The maximum atomic E-state index is 6.11. The number of nitrogens with zero attached hydrogens (tertiary/aromatic N) is 3. The van der Waals surface area contributed by atoms with Gasteiger partial charge in [-0.25, -0.2) is 9.67 Å². The highest BCUT2D eigenvalue weighted by Crippen LogP contribution is 2.25. The molecule has 0 aliphatic carbocycles. The first-order valence-corrected chi connectivity index (χ1v) is 6.93. The summed E-state index contributed by atoms with van der Waals surface area (Å²) >= 11 is 9.53. The van der Waals surface area contributed by atoms with E-state index in [4.69, 9.17) is 11.6 Å². The summed E-state index contributed by atoms with van der Waals surface area (Å²) in [5.74, 6) is 0.910. The first-order valence-electron chi connectivity index (χ1n) is 5.76. The van der Waals surface area contributed by atoms with E-state index in [2.05, 4.69) is 38.3 Å². The summed E-state index contributed by atoms with van der Waals surface area (Å²) in [4.78, 5) is 4.24. The van der Waals surface area contributed by atoms with Crippen LogP contribution in [0.5, 0.6) is 0 Å². The van der Waals surface area contributed by atoms with Crippen molar-refractivity contribution in [3.05, 3.63) is 39.8 Å². The number of hydrogen-bond donors (Lipinski definition) is 1. The predicted octanol–water partition coefficient (Wildman–Crippen LogP) is 3.72. The summed E-state index contributed by atoms with van der Waals surface area (Å²) in [6.07, 6.45) is 2.61. The molecule has 0 fully saturated rings. The van der Waals surface area contributed by atoms with Crippen LogP contribution in [0.2, 0.25) is 5.02 Å². The molecule has 0 unspecified atom stereocenters. The van der Waals surface area contributed by atoms with Gasteiger partial charge in [-0.1, -0.05) is 34.5 Å². The number of aryl methyl sites for hydroxylation is 1. The van der Waals surface area contributed by atoms with E-state index >= 15 is 0 Å². The molecule has 0 aliphatic rings. The van der Waals surface area contributed by atoms with Gasteiger partial charge in [0.2, 0.25) is 0 Å². The molecule has 1 aromatic heterocycles. The molecular weight excluding hydrogens is 316 g/mol. The van der Waals surface area contributed by atoms with Crippen LogP contribution in [0.4, 0.5) is 5.69 Å². The van der Waals surface area contributed by atoms with Crippen molar-refractivity contribution in [2.24, 2.45) is 0 Å². The Morgan fingerprint density at radius 3 is 3.06 bits per heavy atom. The lowest BCUT2D eigenvalue weighted by Gasteiger charge is -2.09. The van der Waals surface area contributed by atoms with E-state index in [-0.39, 0.29) is 0 Å². The van der Waals surface area contributed by atoms with E-state index in [1.54, 1.807) is 6.33 Å². The van der Waals surface area contributed by atoms with E-state index in [0.29, 0.717) is 11.6 Å². The first-order chi connectivity index (χ1) is 8.70. The molecule has 0 aliphatic heterocycles. The zero-order valence-electron chi connectivity index (χ0n) is 10.0. The third-order valence-electron chi connectivity index (χ3n) is 2.50. The second kappa shape index (κ2) is 6.20. The molecule has 96 valence electrons. The van der Waals surface area contributed by atoms with Crippen LogP contribution >= 0.6 is 27.5 Å². The molecule has 0 saturated heterocycles. The van der Waals surface area contributed by atoms with Gasteiger partial charge in [0.25, 0.3) is 0 Å². The molecule has 6 heteroatoms. The Hall–Kier alpha value is -1.07. The third-order valence-corrected chi connectivity index (χ3v) is 3.32. The van der Waals surface area contributed by atoms with Crippen LogP contribution in [0.25, 0.3) is 0 Å². The minimum atomic E-state index is 0.607. The number of rotatable bonds is 5. The fourth-order valence-electron chi connectivity index (χ4n) is 1.63. The molecule has 1 N–H and O–H groups in total. The summed E-state index contributed by atoms with van der Waals surface area (Å²) in [5, 5.41) is 8.15. The lowest BCUT2D eigenvalue weighted by atomic mass is 10.3. The van der Waals surface area contributed by atoms with E-state index in [1.807, 2.05) is 22.9 Å². The highest BCUT2D eigenvalue weighted by atomic mass is 79.9. The van der Waals surface area contributed by atoms with Gasteiger partial charge in [0.15, 0.2) is 0 Å². The van der Waals surface area contributed by atoms with Crippen LogP contribution in [0.15, 0.2) is 29.0 Å². The molecule has 1 heterocycles. The van der Waals surface area contributed by atoms with Gasteiger partial charge in [0, 0.05) is 11.0 Å². The molecule has 0 spiro atoms. The van der Waals surface area contributed by atoms with Gasteiger partial charge in [-0.15, -0.1) is 0 Å². The zero-order chi connectivity index (χ0) is 13.0. The van der Waals surface area contributed by atoms with Crippen molar-refractivity contribution in [3.63, 3.8) is 0 Å². The average Bonchev–Trinajstić information content (AvgIpc) is 2.78. The van der Waals surface area contributed by atoms with Crippen LogP contribution in [0.1, 0.15) is 19.2 Å². The monoisotopic (exact) mass is 328 g/mol. The van der Waals surface area contributed by atoms with Gasteiger partial charge >= 0.3 is 0 Å².